The fourth-order valence-electron chi connectivity index (χ4n) is 0.953. The Kier molecular flexibility index (Phi) is 18.1. The van der Waals surface area contributed by atoms with E-state index in [0.29, 0.717) is 0 Å². The Balaban J connectivity index is -0.000000405. The van der Waals surface area contributed by atoms with Gasteiger partial charge in [0.25, 0.3) is 0 Å². The topological polar surface area (TPSA) is 37.3 Å². The number of carboxylic acid groups (broad SMARTS) is 1. The van der Waals surface area contributed by atoms with Crippen LogP contribution in [0.15, 0.2) is 0 Å². The van der Waals surface area contributed by atoms with Gasteiger partial charge in [0, 0.05) is 39.0 Å². The average Bonchev–Trinajstić information content (AvgIpc) is 1.89. The third kappa shape index (κ3) is 8.81. The maximum atomic E-state index is 10.4. The number of rotatable bonds is 5. The van der Waals surface area contributed by atoms with E-state index in [9.17, 15) is 4.79 Å². The molecule has 1 atom stereocenters. The molecule has 0 spiro atoms. The molecule has 1 N–H and O–H groups in total. The van der Waals surface area contributed by atoms with E-state index in [2.05, 4.69) is 6.92 Å². The van der Waals surface area contributed by atoms with Crippen molar-refractivity contribution in [2.24, 2.45) is 5.92 Å². The molecule has 0 fully saturated rings. The Labute approximate surface area is 100 Å². The molecule has 4 heteroatoms. The summed E-state index contributed by atoms with van der Waals surface area (Å²) in [6.07, 6.45) is 3.71. The molecule has 1 unspecified atom stereocenters. The smallest absolute Gasteiger partial charge is 0.306 e. The second-order valence-corrected chi connectivity index (χ2v) is 2.59. The van der Waals surface area contributed by atoms with Crippen LogP contribution in [0.4, 0.5) is 0 Å². The summed E-state index contributed by atoms with van der Waals surface area (Å²) < 4.78 is 0. The minimum Gasteiger partial charge on any atom is -0.481 e. The van der Waals surface area contributed by atoms with E-state index in [1.54, 1.807) is 0 Å². The molecule has 0 aromatic rings. The number of unbranched alkanes of at least 4 members (excludes halogenated alkanes) is 1. The molecule has 2 nitrogen and oxygen atoms in total. The first kappa shape index (κ1) is 18.5. The molecular formula is C8H16O2Zn2. The van der Waals surface area contributed by atoms with Crippen LogP contribution in [0.25, 0.3) is 0 Å². The van der Waals surface area contributed by atoms with Gasteiger partial charge in [0.2, 0.25) is 0 Å². The predicted octanol–water partition coefficient (Wildman–Crippen LogP) is 2.28. The quantitative estimate of drug-likeness (QED) is 0.781. The third-order valence-electron chi connectivity index (χ3n) is 1.75. The number of aliphatic carboxylic acids is 1. The predicted molar refractivity (Wildman–Crippen MR) is 40.9 cm³/mol. The van der Waals surface area contributed by atoms with E-state index in [-0.39, 0.29) is 44.9 Å². The molecule has 0 bridgehead atoms. The summed E-state index contributed by atoms with van der Waals surface area (Å²) >= 11 is 0. The molecule has 0 saturated heterocycles. The normalized spacial score (nSPS) is 10.8. The van der Waals surface area contributed by atoms with E-state index < -0.39 is 5.97 Å². The van der Waals surface area contributed by atoms with Crippen LogP contribution in [-0.2, 0) is 43.8 Å². The van der Waals surface area contributed by atoms with E-state index in [1.807, 2.05) is 6.92 Å². The minimum absolute atomic E-state index is 0. The zero-order chi connectivity index (χ0) is 7.98. The fourth-order valence-corrected chi connectivity index (χ4v) is 0.953. The Hall–Kier alpha value is 0.717. The summed E-state index contributed by atoms with van der Waals surface area (Å²) in [5, 5.41) is 8.60. The molecule has 0 saturated carbocycles. The van der Waals surface area contributed by atoms with E-state index >= 15 is 0 Å². The van der Waals surface area contributed by atoms with Gasteiger partial charge in [0.05, 0.1) is 5.92 Å². The van der Waals surface area contributed by atoms with Crippen LogP contribution in [0.3, 0.4) is 0 Å². The molecule has 0 amide bonds. The van der Waals surface area contributed by atoms with Gasteiger partial charge >= 0.3 is 5.97 Å². The SMILES string of the molecule is CCCCC(CC)C(=O)O.[Zn].[Zn]. The standard InChI is InChI=1S/C8H16O2.2Zn/c1-3-5-6-7(4-2)8(9)10;;/h7H,3-6H2,1-2H3,(H,9,10);;. The summed E-state index contributed by atoms with van der Waals surface area (Å²) in [7, 11) is 0. The van der Waals surface area contributed by atoms with Crippen molar-refractivity contribution in [3.8, 4) is 0 Å². The Morgan fingerprint density at radius 1 is 1.33 bits per heavy atom. The van der Waals surface area contributed by atoms with Gasteiger partial charge in [-0.05, 0) is 12.8 Å². The zero-order valence-electron chi connectivity index (χ0n) is 8.18. The van der Waals surface area contributed by atoms with Crippen LogP contribution in [0.2, 0.25) is 0 Å². The van der Waals surface area contributed by atoms with Crippen molar-refractivity contribution in [1.29, 1.82) is 0 Å². The molecule has 0 aliphatic heterocycles. The van der Waals surface area contributed by atoms with Crippen molar-refractivity contribution in [2.45, 2.75) is 39.5 Å². The van der Waals surface area contributed by atoms with Crippen LogP contribution in [0, 0.1) is 5.92 Å². The number of carbonyl (C=O) groups is 1. The number of hydrogen-bond donors (Lipinski definition) is 1. The van der Waals surface area contributed by atoms with E-state index in [4.69, 9.17) is 5.11 Å². The Bertz CT molecular complexity index is 107. The summed E-state index contributed by atoms with van der Waals surface area (Å²) in [5.74, 6) is -0.754. The van der Waals surface area contributed by atoms with Crippen molar-refractivity contribution >= 4 is 5.97 Å². The monoisotopic (exact) mass is 272 g/mol. The molecule has 64 valence electrons. The molecule has 0 aliphatic rings. The van der Waals surface area contributed by atoms with Crippen molar-refractivity contribution in [2.75, 3.05) is 0 Å². The summed E-state index contributed by atoms with van der Waals surface area (Å²) in [4.78, 5) is 10.4. The van der Waals surface area contributed by atoms with Gasteiger partial charge in [0.15, 0.2) is 0 Å². The molecule has 0 heterocycles. The largest absolute Gasteiger partial charge is 0.481 e. The summed E-state index contributed by atoms with van der Waals surface area (Å²) in [6.45, 7) is 4.00. The molecule has 12 heavy (non-hydrogen) atoms. The summed E-state index contributed by atoms with van der Waals surface area (Å²) in [6, 6.07) is 0. The van der Waals surface area contributed by atoms with Crippen LogP contribution in [0.1, 0.15) is 39.5 Å². The number of carboxylic acids is 1. The number of hydrogen-bond acceptors (Lipinski definition) is 1. The fraction of sp³-hybridized carbons (Fsp3) is 0.875. The van der Waals surface area contributed by atoms with Gasteiger partial charge < -0.3 is 5.11 Å². The van der Waals surface area contributed by atoms with Crippen LogP contribution < -0.4 is 0 Å². The third-order valence-corrected chi connectivity index (χ3v) is 1.75. The summed E-state index contributed by atoms with van der Waals surface area (Å²) in [5.41, 5.74) is 0. The molecule has 0 radical (unpaired) electrons. The second kappa shape index (κ2) is 11.7. The van der Waals surface area contributed by atoms with E-state index in [1.165, 1.54) is 0 Å². The Morgan fingerprint density at radius 3 is 2.08 bits per heavy atom. The van der Waals surface area contributed by atoms with Crippen molar-refractivity contribution in [1.82, 2.24) is 0 Å². The average molecular weight is 275 g/mol. The van der Waals surface area contributed by atoms with Gasteiger partial charge in [-0.3, -0.25) is 4.79 Å². The van der Waals surface area contributed by atoms with Crippen molar-refractivity contribution < 1.29 is 48.9 Å². The second-order valence-electron chi connectivity index (χ2n) is 2.59. The molecule has 0 aromatic carbocycles. The molecule has 0 aliphatic carbocycles. The zero-order valence-corrected chi connectivity index (χ0v) is 14.1. The minimum atomic E-state index is -0.643. The molecule has 0 aromatic heterocycles. The van der Waals surface area contributed by atoms with Gasteiger partial charge in [-0.2, -0.15) is 0 Å². The van der Waals surface area contributed by atoms with Crippen molar-refractivity contribution in [3.63, 3.8) is 0 Å². The molecule has 0 rings (SSSR count). The van der Waals surface area contributed by atoms with Gasteiger partial charge in [-0.25, -0.2) is 0 Å². The van der Waals surface area contributed by atoms with Crippen LogP contribution in [0.5, 0.6) is 0 Å². The first-order valence-electron chi connectivity index (χ1n) is 3.95. The van der Waals surface area contributed by atoms with Crippen molar-refractivity contribution in [3.05, 3.63) is 0 Å². The van der Waals surface area contributed by atoms with Crippen LogP contribution >= 0.6 is 0 Å². The Morgan fingerprint density at radius 2 is 1.83 bits per heavy atom. The maximum absolute atomic E-state index is 10.4. The first-order valence-corrected chi connectivity index (χ1v) is 3.95. The van der Waals surface area contributed by atoms with Gasteiger partial charge in [0.1, 0.15) is 0 Å². The van der Waals surface area contributed by atoms with Crippen LogP contribution in [-0.4, -0.2) is 11.1 Å². The molecular weight excluding hydrogens is 259 g/mol. The van der Waals surface area contributed by atoms with Gasteiger partial charge in [-0.1, -0.05) is 26.7 Å². The maximum Gasteiger partial charge on any atom is 0.306 e. The van der Waals surface area contributed by atoms with E-state index in [0.717, 1.165) is 25.7 Å². The van der Waals surface area contributed by atoms with Gasteiger partial charge in [-0.15, -0.1) is 0 Å². The first-order chi connectivity index (χ1) is 4.72.